The molecule has 0 saturated heterocycles. The zero-order chi connectivity index (χ0) is 13.4. The van der Waals surface area contributed by atoms with Gasteiger partial charge in [0.05, 0.1) is 5.69 Å². The van der Waals surface area contributed by atoms with Crippen molar-refractivity contribution in [2.24, 2.45) is 7.05 Å². The Morgan fingerprint density at radius 3 is 2.47 bits per heavy atom. The number of aryl methyl sites for hydroxylation is 1. The van der Waals surface area contributed by atoms with Crippen LogP contribution in [-0.4, -0.2) is 29.3 Å². The maximum Gasteiger partial charge on any atom is 0.162 e. The quantitative estimate of drug-likeness (QED) is 0.852. The molecule has 1 aromatic carbocycles. The lowest BCUT2D eigenvalue weighted by atomic mass is 10.1. The molecule has 0 fully saturated rings. The Kier molecular flexibility index (Phi) is 3.02. The summed E-state index contributed by atoms with van der Waals surface area (Å²) in [6.45, 7) is 1.17. The fourth-order valence-corrected chi connectivity index (χ4v) is 2.66. The van der Waals surface area contributed by atoms with Crippen LogP contribution < -0.4 is 15.2 Å². The van der Waals surface area contributed by atoms with Crippen molar-refractivity contribution in [3.05, 3.63) is 18.2 Å². The Balaban J connectivity index is 2.13. The molecule has 19 heavy (non-hydrogen) atoms. The molecule has 0 bridgehead atoms. The van der Waals surface area contributed by atoms with Crippen LogP contribution in [-0.2, 0) is 7.05 Å². The molecule has 1 aliphatic rings. The Labute approximate surface area is 115 Å². The number of hydrogen-bond donors (Lipinski definition) is 1. The fourth-order valence-electron chi connectivity index (χ4n) is 2.05. The number of benzene rings is 1. The number of hydrogen-bond acceptors (Lipinski definition) is 5. The summed E-state index contributed by atoms with van der Waals surface area (Å²) in [5, 5.41) is 4.42. The van der Waals surface area contributed by atoms with Crippen molar-refractivity contribution in [2.45, 2.75) is 4.90 Å². The number of thioether (sulfide) groups is 1. The van der Waals surface area contributed by atoms with E-state index in [1.807, 2.05) is 31.5 Å². The van der Waals surface area contributed by atoms with Crippen LogP contribution in [0.1, 0.15) is 0 Å². The summed E-state index contributed by atoms with van der Waals surface area (Å²) in [5.74, 6) is 2.20. The second kappa shape index (κ2) is 4.70. The third-order valence-corrected chi connectivity index (χ3v) is 3.83. The second-order valence-corrected chi connectivity index (χ2v) is 5.12. The van der Waals surface area contributed by atoms with Crippen LogP contribution in [0, 0.1) is 0 Å². The van der Waals surface area contributed by atoms with E-state index in [2.05, 4.69) is 5.10 Å². The molecule has 1 aliphatic heterocycles. The molecule has 3 rings (SSSR count). The van der Waals surface area contributed by atoms with Gasteiger partial charge in [-0.25, -0.2) is 0 Å². The van der Waals surface area contributed by atoms with E-state index in [0.29, 0.717) is 19.0 Å². The molecule has 0 unspecified atom stereocenters. The van der Waals surface area contributed by atoms with Gasteiger partial charge in [-0.15, -0.1) is 11.8 Å². The van der Waals surface area contributed by atoms with Crippen molar-refractivity contribution in [3.63, 3.8) is 0 Å². The Morgan fingerprint density at radius 2 is 1.89 bits per heavy atom. The van der Waals surface area contributed by atoms with Crippen LogP contribution in [0.2, 0.25) is 0 Å². The van der Waals surface area contributed by atoms with Gasteiger partial charge in [0.1, 0.15) is 19.0 Å². The van der Waals surface area contributed by atoms with Crippen molar-refractivity contribution in [1.29, 1.82) is 0 Å². The molecule has 2 heterocycles. The van der Waals surface area contributed by atoms with Gasteiger partial charge < -0.3 is 15.2 Å². The van der Waals surface area contributed by atoms with Crippen LogP contribution in [0.3, 0.4) is 0 Å². The molecule has 0 radical (unpaired) electrons. The molecule has 2 aromatic rings. The molecular formula is C13H15N3O2S. The normalized spacial score (nSPS) is 13.6. The monoisotopic (exact) mass is 277 g/mol. The topological polar surface area (TPSA) is 62.3 Å². The number of nitrogens with zero attached hydrogens (tertiary/aromatic N) is 2. The highest BCUT2D eigenvalue weighted by Gasteiger charge is 2.18. The van der Waals surface area contributed by atoms with Crippen LogP contribution in [0.4, 0.5) is 5.82 Å². The van der Waals surface area contributed by atoms with Gasteiger partial charge in [-0.2, -0.15) is 5.10 Å². The molecule has 5 nitrogen and oxygen atoms in total. The zero-order valence-corrected chi connectivity index (χ0v) is 11.7. The summed E-state index contributed by atoms with van der Waals surface area (Å²) in [6.07, 6.45) is 2.03. The lowest BCUT2D eigenvalue weighted by molar-refractivity contribution is 0.171. The molecule has 0 atom stereocenters. The summed E-state index contributed by atoms with van der Waals surface area (Å²) in [4.78, 5) is 1.10. The van der Waals surface area contributed by atoms with Gasteiger partial charge in [-0.05, 0) is 18.4 Å². The van der Waals surface area contributed by atoms with Crippen LogP contribution in [0.5, 0.6) is 11.5 Å². The standard InChI is InChI=1S/C13H15N3O2S/c1-16-13(14)6-9(15-16)8-5-10-11(7-12(8)19-2)18-4-3-17-10/h5-7H,3-4,14H2,1-2H3. The largest absolute Gasteiger partial charge is 0.486 e. The minimum absolute atomic E-state index is 0.579. The predicted molar refractivity (Wildman–Crippen MR) is 75.8 cm³/mol. The molecule has 2 N–H and O–H groups in total. The van der Waals surface area contributed by atoms with Crippen molar-refractivity contribution >= 4 is 17.6 Å². The molecular weight excluding hydrogens is 262 g/mol. The van der Waals surface area contributed by atoms with Gasteiger partial charge in [0.2, 0.25) is 0 Å². The summed E-state index contributed by atoms with van der Waals surface area (Å²) < 4.78 is 12.9. The van der Waals surface area contributed by atoms with Gasteiger partial charge in [-0.1, -0.05) is 0 Å². The summed E-state index contributed by atoms with van der Waals surface area (Å²) in [5.41, 5.74) is 7.71. The van der Waals surface area contributed by atoms with Gasteiger partial charge in [0, 0.05) is 23.6 Å². The maximum absolute atomic E-state index is 5.85. The molecule has 0 aliphatic carbocycles. The Bertz CT molecular complexity index is 605. The average molecular weight is 277 g/mol. The van der Waals surface area contributed by atoms with E-state index >= 15 is 0 Å². The second-order valence-electron chi connectivity index (χ2n) is 4.27. The SMILES string of the molecule is CSc1cc2c(cc1-c1cc(N)n(C)n1)OCCO2. The van der Waals surface area contributed by atoms with E-state index < -0.39 is 0 Å². The molecule has 0 saturated carbocycles. The lowest BCUT2D eigenvalue weighted by Crippen LogP contribution is -2.15. The van der Waals surface area contributed by atoms with Gasteiger partial charge in [0.25, 0.3) is 0 Å². The highest BCUT2D eigenvalue weighted by molar-refractivity contribution is 7.98. The molecule has 0 amide bonds. The number of nitrogens with two attached hydrogens (primary N) is 1. The maximum atomic E-state index is 5.85. The Morgan fingerprint density at radius 1 is 1.21 bits per heavy atom. The van der Waals surface area contributed by atoms with Crippen molar-refractivity contribution in [1.82, 2.24) is 9.78 Å². The first-order valence-corrected chi connectivity index (χ1v) is 7.19. The average Bonchev–Trinajstić information content (AvgIpc) is 2.77. The number of anilines is 1. The van der Waals surface area contributed by atoms with Gasteiger partial charge in [-0.3, -0.25) is 4.68 Å². The van der Waals surface area contributed by atoms with Crippen LogP contribution in [0.25, 0.3) is 11.3 Å². The smallest absolute Gasteiger partial charge is 0.162 e. The first kappa shape index (κ1) is 12.2. The predicted octanol–water partition coefficient (Wildman–Crippen LogP) is 2.16. The number of aromatic nitrogens is 2. The summed E-state index contributed by atoms with van der Waals surface area (Å²) in [6, 6.07) is 5.84. The molecule has 1 aromatic heterocycles. The summed E-state index contributed by atoms with van der Waals surface area (Å²) >= 11 is 1.65. The number of nitrogen functional groups attached to an aromatic ring is 1. The first-order chi connectivity index (χ1) is 9.19. The minimum Gasteiger partial charge on any atom is -0.486 e. The van der Waals surface area contributed by atoms with Gasteiger partial charge in [0.15, 0.2) is 11.5 Å². The highest BCUT2D eigenvalue weighted by atomic mass is 32.2. The lowest BCUT2D eigenvalue weighted by Gasteiger charge is -2.20. The van der Waals surface area contributed by atoms with E-state index in [9.17, 15) is 0 Å². The van der Waals surface area contributed by atoms with Crippen LogP contribution in [0.15, 0.2) is 23.1 Å². The third kappa shape index (κ3) is 2.12. The van der Waals surface area contributed by atoms with Crippen molar-refractivity contribution < 1.29 is 9.47 Å². The fraction of sp³-hybridized carbons (Fsp3) is 0.308. The van der Waals surface area contributed by atoms with Crippen molar-refractivity contribution in [3.8, 4) is 22.8 Å². The molecule has 6 heteroatoms. The van der Waals surface area contributed by atoms with E-state index in [1.54, 1.807) is 16.4 Å². The molecule has 0 spiro atoms. The van der Waals surface area contributed by atoms with Crippen LogP contribution >= 0.6 is 11.8 Å². The molecule has 100 valence electrons. The van der Waals surface area contributed by atoms with E-state index in [0.717, 1.165) is 27.7 Å². The zero-order valence-electron chi connectivity index (χ0n) is 10.8. The van der Waals surface area contributed by atoms with Crippen molar-refractivity contribution in [2.75, 3.05) is 25.2 Å². The van der Waals surface area contributed by atoms with Gasteiger partial charge >= 0.3 is 0 Å². The van der Waals surface area contributed by atoms with E-state index in [-0.39, 0.29) is 0 Å². The summed E-state index contributed by atoms with van der Waals surface area (Å²) in [7, 11) is 1.83. The van der Waals surface area contributed by atoms with E-state index in [1.165, 1.54) is 0 Å². The first-order valence-electron chi connectivity index (χ1n) is 5.96. The minimum atomic E-state index is 0.579. The Hall–Kier alpha value is -1.82. The third-order valence-electron chi connectivity index (χ3n) is 3.06. The number of rotatable bonds is 2. The number of ether oxygens (including phenoxy) is 2. The highest BCUT2D eigenvalue weighted by Crippen LogP contribution is 2.40. The van der Waals surface area contributed by atoms with E-state index in [4.69, 9.17) is 15.2 Å². The number of fused-ring (bicyclic) bond motifs is 1.